The molecule has 2 aromatic carbocycles. The molecule has 1 aromatic heterocycles. The smallest absolute Gasteiger partial charge is 0.250 e. The maximum Gasteiger partial charge on any atom is 0.250 e. The van der Waals surface area contributed by atoms with Crippen molar-refractivity contribution in [2.24, 2.45) is 0 Å². The molecule has 140 valence electrons. The maximum atomic E-state index is 12.7. The van der Waals surface area contributed by atoms with Gasteiger partial charge in [-0.1, -0.05) is 36.4 Å². The number of Topliss-reactive ketones (excluding diaryl/α,β-unsaturated/α-hetero) is 1. The summed E-state index contributed by atoms with van der Waals surface area (Å²) in [5.41, 5.74) is 1.24. The molecule has 1 atom stereocenters. The van der Waals surface area contributed by atoms with Crippen molar-refractivity contribution in [3.63, 3.8) is 0 Å². The molecule has 1 heterocycles. The average molecular weight is 402 g/mol. The average Bonchev–Trinajstić information content (AvgIpc) is 3.24. The van der Waals surface area contributed by atoms with Gasteiger partial charge in [0, 0.05) is 12.0 Å². The van der Waals surface area contributed by atoms with Crippen molar-refractivity contribution in [3.05, 3.63) is 83.2 Å². The van der Waals surface area contributed by atoms with E-state index in [4.69, 9.17) is 4.74 Å². The molecule has 3 aromatic rings. The normalized spacial score (nSPS) is 12.5. The van der Waals surface area contributed by atoms with Crippen LogP contribution in [0.25, 0.3) is 0 Å². The lowest BCUT2D eigenvalue weighted by molar-refractivity contribution is 0.0972. The highest BCUT2D eigenvalue weighted by atomic mass is 32.2. The van der Waals surface area contributed by atoms with Crippen LogP contribution in [0.3, 0.4) is 0 Å². The van der Waals surface area contributed by atoms with Gasteiger partial charge in [-0.05, 0) is 41.3 Å². The Morgan fingerprint density at radius 2 is 1.74 bits per heavy atom. The Balaban J connectivity index is 1.85. The highest BCUT2D eigenvalue weighted by Gasteiger charge is 2.24. The van der Waals surface area contributed by atoms with Gasteiger partial charge in [0.1, 0.15) is 9.96 Å². The molecule has 0 amide bonds. The van der Waals surface area contributed by atoms with Crippen molar-refractivity contribution in [1.29, 1.82) is 0 Å². The highest BCUT2D eigenvalue weighted by molar-refractivity contribution is 7.91. The van der Waals surface area contributed by atoms with Gasteiger partial charge in [0.2, 0.25) is 0 Å². The predicted molar refractivity (Wildman–Crippen MR) is 106 cm³/mol. The summed E-state index contributed by atoms with van der Waals surface area (Å²) in [6.45, 7) is 0. The van der Waals surface area contributed by atoms with Crippen molar-refractivity contribution >= 4 is 27.1 Å². The molecule has 1 N–H and O–H groups in total. The van der Waals surface area contributed by atoms with Crippen molar-refractivity contribution in [2.75, 3.05) is 7.11 Å². The third-order valence-electron chi connectivity index (χ3n) is 4.06. The Morgan fingerprint density at radius 1 is 1.04 bits per heavy atom. The molecule has 0 saturated carbocycles. The number of ether oxygens (including phenoxy) is 1. The Labute approximate surface area is 162 Å². The molecular weight excluding hydrogens is 382 g/mol. The highest BCUT2D eigenvalue weighted by Crippen LogP contribution is 2.24. The molecule has 0 radical (unpaired) electrons. The number of methoxy groups -OCH3 is 1. The Hall–Kier alpha value is -2.48. The molecule has 27 heavy (non-hydrogen) atoms. The minimum Gasteiger partial charge on any atom is -0.497 e. The minimum absolute atomic E-state index is 0.0148. The molecule has 0 spiro atoms. The van der Waals surface area contributed by atoms with E-state index in [-0.39, 0.29) is 16.4 Å². The summed E-state index contributed by atoms with van der Waals surface area (Å²) in [4.78, 5) is 12.7. The molecular formula is C20H19NO4S2. The van der Waals surface area contributed by atoms with E-state index in [1.807, 2.05) is 30.3 Å². The second kappa shape index (κ2) is 8.47. The monoisotopic (exact) mass is 401 g/mol. The fourth-order valence-electron chi connectivity index (χ4n) is 2.65. The van der Waals surface area contributed by atoms with E-state index in [1.54, 1.807) is 48.9 Å². The molecule has 0 saturated heterocycles. The van der Waals surface area contributed by atoms with Crippen molar-refractivity contribution in [3.8, 4) is 5.75 Å². The van der Waals surface area contributed by atoms with Crippen molar-refractivity contribution in [2.45, 2.75) is 16.7 Å². The second-order valence-corrected chi connectivity index (χ2v) is 8.76. The van der Waals surface area contributed by atoms with Crippen molar-refractivity contribution < 1.29 is 17.9 Å². The van der Waals surface area contributed by atoms with E-state index < -0.39 is 16.1 Å². The zero-order valence-electron chi connectivity index (χ0n) is 14.7. The van der Waals surface area contributed by atoms with Crippen LogP contribution in [0.15, 0.2) is 76.3 Å². The van der Waals surface area contributed by atoms with Gasteiger partial charge in [-0.25, -0.2) is 13.1 Å². The first-order valence-electron chi connectivity index (χ1n) is 8.27. The zero-order chi connectivity index (χ0) is 19.3. The van der Waals surface area contributed by atoms with Crippen LogP contribution in [0.2, 0.25) is 0 Å². The van der Waals surface area contributed by atoms with Crippen molar-refractivity contribution in [1.82, 2.24) is 4.72 Å². The number of ketones is 1. The molecule has 0 fully saturated rings. The molecule has 0 aliphatic rings. The number of carbonyl (C=O) groups excluding carboxylic acids is 1. The van der Waals surface area contributed by atoms with Crippen LogP contribution in [-0.2, 0) is 10.0 Å². The van der Waals surface area contributed by atoms with E-state index in [9.17, 15) is 13.2 Å². The fraction of sp³-hybridized carbons (Fsp3) is 0.150. The number of benzene rings is 2. The molecule has 3 rings (SSSR count). The van der Waals surface area contributed by atoms with Crippen LogP contribution in [-0.4, -0.2) is 21.3 Å². The lowest BCUT2D eigenvalue weighted by Crippen LogP contribution is -2.29. The van der Waals surface area contributed by atoms with E-state index in [0.717, 1.165) is 16.9 Å². The first kappa shape index (κ1) is 19.3. The van der Waals surface area contributed by atoms with Gasteiger partial charge in [-0.3, -0.25) is 4.79 Å². The Kier molecular flexibility index (Phi) is 6.05. The summed E-state index contributed by atoms with van der Waals surface area (Å²) in [5.74, 6) is 0.505. The summed E-state index contributed by atoms with van der Waals surface area (Å²) in [6, 6.07) is 18.4. The largest absolute Gasteiger partial charge is 0.497 e. The SMILES string of the molecule is COc1ccc(C(=O)C[C@@H](NS(=O)(=O)c2cccs2)c2ccccc2)cc1. The third-order valence-corrected chi connectivity index (χ3v) is 6.93. The summed E-state index contributed by atoms with van der Waals surface area (Å²) in [5, 5.41) is 1.70. The molecule has 0 bridgehead atoms. The molecule has 0 aliphatic carbocycles. The van der Waals surface area contributed by atoms with Crippen LogP contribution in [0, 0.1) is 0 Å². The summed E-state index contributed by atoms with van der Waals surface area (Å²) >= 11 is 1.14. The quantitative estimate of drug-likeness (QED) is 0.578. The number of sulfonamides is 1. The standard InChI is InChI=1S/C20H19NO4S2/c1-25-17-11-9-16(10-12-17)19(22)14-18(15-6-3-2-4-7-15)21-27(23,24)20-8-5-13-26-20/h2-13,18,21H,14H2,1H3/t18-/m1/s1. The summed E-state index contributed by atoms with van der Waals surface area (Å²) in [6.07, 6.45) is 0.0148. The fourth-order valence-corrected chi connectivity index (χ4v) is 4.89. The van der Waals surface area contributed by atoms with Gasteiger partial charge >= 0.3 is 0 Å². The summed E-state index contributed by atoms with van der Waals surface area (Å²) in [7, 11) is -2.15. The van der Waals surface area contributed by atoms with Crippen LogP contribution in [0.5, 0.6) is 5.75 Å². The lowest BCUT2D eigenvalue weighted by atomic mass is 9.99. The van der Waals surface area contributed by atoms with Gasteiger partial charge in [0.25, 0.3) is 10.0 Å². The number of rotatable bonds is 8. The van der Waals surface area contributed by atoms with Gasteiger partial charge in [-0.2, -0.15) is 0 Å². The predicted octanol–water partition coefficient (Wildman–Crippen LogP) is 4.05. The number of thiophene rings is 1. The minimum atomic E-state index is -3.71. The molecule has 0 unspecified atom stereocenters. The second-order valence-electron chi connectivity index (χ2n) is 5.87. The van der Waals surface area contributed by atoms with Crippen LogP contribution in [0.1, 0.15) is 28.4 Å². The number of hydrogen-bond acceptors (Lipinski definition) is 5. The van der Waals surface area contributed by atoms with Gasteiger partial charge in [-0.15, -0.1) is 11.3 Å². The number of hydrogen-bond donors (Lipinski definition) is 1. The lowest BCUT2D eigenvalue weighted by Gasteiger charge is -2.18. The summed E-state index contributed by atoms with van der Waals surface area (Å²) < 4.78 is 33.3. The Bertz CT molecular complexity index is 982. The number of nitrogens with one attached hydrogen (secondary N) is 1. The van der Waals surface area contributed by atoms with Crippen LogP contribution in [0.4, 0.5) is 0 Å². The van der Waals surface area contributed by atoms with E-state index in [0.29, 0.717) is 11.3 Å². The van der Waals surface area contributed by atoms with Gasteiger partial charge in [0.05, 0.1) is 13.2 Å². The topological polar surface area (TPSA) is 72.5 Å². The van der Waals surface area contributed by atoms with E-state index in [2.05, 4.69) is 4.72 Å². The third kappa shape index (κ3) is 4.82. The van der Waals surface area contributed by atoms with Gasteiger partial charge in [0.15, 0.2) is 5.78 Å². The molecule has 0 aliphatic heterocycles. The molecule has 5 nitrogen and oxygen atoms in total. The van der Waals surface area contributed by atoms with E-state index in [1.165, 1.54) is 0 Å². The molecule has 7 heteroatoms. The van der Waals surface area contributed by atoms with Gasteiger partial charge < -0.3 is 4.74 Å². The Morgan fingerprint density at radius 3 is 2.33 bits per heavy atom. The first-order valence-corrected chi connectivity index (χ1v) is 10.6. The number of carbonyl (C=O) groups is 1. The zero-order valence-corrected chi connectivity index (χ0v) is 16.3. The maximum absolute atomic E-state index is 12.7. The van der Waals surface area contributed by atoms with Crippen LogP contribution >= 0.6 is 11.3 Å². The first-order chi connectivity index (χ1) is 13.0. The van der Waals surface area contributed by atoms with Crippen LogP contribution < -0.4 is 9.46 Å². The van der Waals surface area contributed by atoms with E-state index >= 15 is 0 Å².